The molecule has 3 atom stereocenters. The summed E-state index contributed by atoms with van der Waals surface area (Å²) in [4.78, 5) is 0. The molecule has 1 aromatic rings. The average Bonchev–Trinajstić information content (AvgIpc) is 2.40. The second-order valence-corrected chi connectivity index (χ2v) is 6.67. The summed E-state index contributed by atoms with van der Waals surface area (Å²) in [7, 11) is 0. The van der Waals surface area contributed by atoms with E-state index in [-0.39, 0.29) is 17.8 Å². The van der Waals surface area contributed by atoms with Crippen LogP contribution in [-0.4, -0.2) is 17.3 Å². The third kappa shape index (κ3) is 2.46. The maximum absolute atomic E-state index is 13.4. The summed E-state index contributed by atoms with van der Waals surface area (Å²) in [6.45, 7) is 0.826. The molecule has 0 amide bonds. The Kier molecular flexibility index (Phi) is 3.67. The molecule has 0 radical (unpaired) electrons. The van der Waals surface area contributed by atoms with Gasteiger partial charge in [-0.15, -0.1) is 0 Å². The molecule has 4 heteroatoms. The van der Waals surface area contributed by atoms with E-state index in [0.717, 1.165) is 37.8 Å². The minimum Gasteiger partial charge on any atom is -0.389 e. The lowest BCUT2D eigenvalue weighted by molar-refractivity contribution is -0.0861. The average molecular weight is 328 g/mol. The third-order valence-electron chi connectivity index (χ3n) is 4.69. The van der Waals surface area contributed by atoms with E-state index in [2.05, 4.69) is 21.2 Å². The molecule has 2 aliphatic rings. The van der Waals surface area contributed by atoms with Gasteiger partial charge in [-0.25, -0.2) is 4.39 Å². The van der Waals surface area contributed by atoms with Gasteiger partial charge in [-0.1, -0.05) is 18.9 Å². The number of nitrogens with one attached hydrogen (secondary N) is 1. The van der Waals surface area contributed by atoms with E-state index >= 15 is 0 Å². The first kappa shape index (κ1) is 13.5. The van der Waals surface area contributed by atoms with E-state index < -0.39 is 5.60 Å². The Morgan fingerprint density at radius 1 is 1.32 bits per heavy atom. The van der Waals surface area contributed by atoms with Gasteiger partial charge in [0.1, 0.15) is 5.82 Å². The predicted octanol–water partition coefficient (Wildman–Crippen LogP) is 3.54. The van der Waals surface area contributed by atoms with Crippen molar-refractivity contribution in [2.45, 2.75) is 43.7 Å². The van der Waals surface area contributed by atoms with E-state index in [1.807, 2.05) is 12.1 Å². The number of hydrogen-bond donors (Lipinski definition) is 2. The lowest BCUT2D eigenvalue weighted by Gasteiger charge is -2.48. The Hall–Kier alpha value is -0.450. The van der Waals surface area contributed by atoms with E-state index in [1.54, 1.807) is 0 Å². The third-order valence-corrected chi connectivity index (χ3v) is 5.30. The van der Waals surface area contributed by atoms with Gasteiger partial charge in [0.2, 0.25) is 0 Å². The first-order chi connectivity index (χ1) is 9.10. The number of hydrogen-bond acceptors (Lipinski definition) is 2. The largest absolute Gasteiger partial charge is 0.389 e. The molecule has 0 aromatic heterocycles. The van der Waals surface area contributed by atoms with Crippen LogP contribution in [-0.2, 0) is 0 Å². The van der Waals surface area contributed by atoms with Crippen LogP contribution in [0.4, 0.5) is 4.39 Å². The van der Waals surface area contributed by atoms with Crippen LogP contribution >= 0.6 is 15.9 Å². The second-order valence-electron chi connectivity index (χ2n) is 5.81. The lowest BCUT2D eigenvalue weighted by Crippen LogP contribution is -2.53. The van der Waals surface area contributed by atoms with Crippen molar-refractivity contribution in [2.24, 2.45) is 5.92 Å². The normalized spacial score (nSPS) is 34.9. The molecule has 1 aromatic carbocycles. The standard InChI is InChI=1S/C15H19BrFNO/c16-12-9-10(4-5-13(12)17)14-11-3-1-2-6-15(11,19)7-8-18-14/h4-5,9,11,14,18-19H,1-3,6-8H2/t11-,14-,15+/m1/s1. The first-order valence-corrected chi connectivity index (χ1v) is 7.80. The van der Waals surface area contributed by atoms with Gasteiger partial charge in [0.15, 0.2) is 0 Å². The van der Waals surface area contributed by atoms with Crippen molar-refractivity contribution in [3.05, 3.63) is 34.1 Å². The molecule has 1 heterocycles. The topological polar surface area (TPSA) is 32.3 Å². The van der Waals surface area contributed by atoms with Crippen molar-refractivity contribution < 1.29 is 9.50 Å². The minimum absolute atomic E-state index is 0.135. The molecule has 19 heavy (non-hydrogen) atoms. The maximum atomic E-state index is 13.4. The molecule has 2 nitrogen and oxygen atoms in total. The minimum atomic E-state index is -0.533. The highest BCUT2D eigenvalue weighted by atomic mass is 79.9. The van der Waals surface area contributed by atoms with Gasteiger partial charge >= 0.3 is 0 Å². The fraction of sp³-hybridized carbons (Fsp3) is 0.600. The molecule has 1 saturated carbocycles. The molecule has 1 aliphatic heterocycles. The monoisotopic (exact) mass is 327 g/mol. The first-order valence-electron chi connectivity index (χ1n) is 7.01. The molecule has 2 fully saturated rings. The molecule has 1 saturated heterocycles. The summed E-state index contributed by atoms with van der Waals surface area (Å²) in [6.07, 6.45) is 5.07. The summed E-state index contributed by atoms with van der Waals surface area (Å²) < 4.78 is 13.9. The SMILES string of the molecule is O[C@]12CCCC[C@@H]1[C@@H](c1ccc(F)c(Br)c1)NCC2. The number of halogens is 2. The molecule has 0 unspecified atom stereocenters. The maximum Gasteiger partial charge on any atom is 0.137 e. The van der Waals surface area contributed by atoms with Crippen LogP contribution < -0.4 is 5.32 Å². The second kappa shape index (κ2) is 5.15. The van der Waals surface area contributed by atoms with Crippen molar-refractivity contribution in [2.75, 3.05) is 6.54 Å². The Morgan fingerprint density at radius 2 is 2.16 bits per heavy atom. The van der Waals surface area contributed by atoms with Gasteiger partial charge in [-0.2, -0.15) is 0 Å². The molecule has 2 N–H and O–H groups in total. The molecular weight excluding hydrogens is 309 g/mol. The van der Waals surface area contributed by atoms with Crippen LogP contribution in [0.2, 0.25) is 0 Å². The summed E-state index contributed by atoms with van der Waals surface area (Å²) in [6, 6.07) is 5.30. The van der Waals surface area contributed by atoms with Gasteiger partial charge in [0, 0.05) is 12.0 Å². The van der Waals surface area contributed by atoms with Crippen LogP contribution in [0.3, 0.4) is 0 Å². The zero-order valence-corrected chi connectivity index (χ0v) is 12.4. The van der Waals surface area contributed by atoms with Crippen LogP contribution in [0.15, 0.2) is 22.7 Å². The fourth-order valence-electron chi connectivity index (χ4n) is 3.68. The van der Waals surface area contributed by atoms with E-state index in [4.69, 9.17) is 0 Å². The molecule has 1 aliphatic carbocycles. The summed E-state index contributed by atoms with van der Waals surface area (Å²) >= 11 is 3.25. The number of fused-ring (bicyclic) bond motifs is 1. The Balaban J connectivity index is 1.92. The van der Waals surface area contributed by atoms with Crippen molar-refractivity contribution in [3.8, 4) is 0 Å². The van der Waals surface area contributed by atoms with Crippen LogP contribution in [0.1, 0.15) is 43.7 Å². The summed E-state index contributed by atoms with van der Waals surface area (Å²) in [5.74, 6) is 0.00539. The quantitative estimate of drug-likeness (QED) is 0.826. The van der Waals surface area contributed by atoms with E-state index in [9.17, 15) is 9.50 Å². The van der Waals surface area contributed by atoms with Crippen LogP contribution in [0.25, 0.3) is 0 Å². The Bertz CT molecular complexity index is 477. The Labute approximate surface area is 121 Å². The summed E-state index contributed by atoms with van der Waals surface area (Å²) in [5, 5.41) is 14.3. The molecule has 0 bridgehead atoms. The number of aliphatic hydroxyl groups is 1. The Morgan fingerprint density at radius 3 is 2.95 bits per heavy atom. The van der Waals surface area contributed by atoms with E-state index in [0.29, 0.717) is 4.47 Å². The van der Waals surface area contributed by atoms with Crippen molar-refractivity contribution in [1.29, 1.82) is 0 Å². The predicted molar refractivity (Wildman–Crippen MR) is 76.4 cm³/mol. The van der Waals surface area contributed by atoms with Crippen molar-refractivity contribution in [1.82, 2.24) is 5.32 Å². The molecule has 104 valence electrons. The van der Waals surface area contributed by atoms with Gasteiger partial charge in [-0.3, -0.25) is 0 Å². The number of piperidine rings is 1. The van der Waals surface area contributed by atoms with Crippen molar-refractivity contribution in [3.63, 3.8) is 0 Å². The fourth-order valence-corrected chi connectivity index (χ4v) is 4.08. The van der Waals surface area contributed by atoms with Gasteiger partial charge in [-0.05, 0) is 59.4 Å². The highest BCUT2D eigenvalue weighted by Gasteiger charge is 2.45. The van der Waals surface area contributed by atoms with Gasteiger partial charge in [0.25, 0.3) is 0 Å². The zero-order chi connectivity index (χ0) is 13.5. The zero-order valence-electron chi connectivity index (χ0n) is 10.8. The van der Waals surface area contributed by atoms with Gasteiger partial charge < -0.3 is 10.4 Å². The number of rotatable bonds is 1. The molecule has 3 rings (SSSR count). The van der Waals surface area contributed by atoms with Crippen LogP contribution in [0.5, 0.6) is 0 Å². The smallest absolute Gasteiger partial charge is 0.137 e. The van der Waals surface area contributed by atoms with Crippen molar-refractivity contribution >= 4 is 15.9 Å². The van der Waals surface area contributed by atoms with Gasteiger partial charge in [0.05, 0.1) is 10.1 Å². The molecular formula is C15H19BrFNO. The highest BCUT2D eigenvalue weighted by Crippen LogP contribution is 2.45. The molecule has 0 spiro atoms. The van der Waals surface area contributed by atoms with E-state index in [1.165, 1.54) is 12.5 Å². The number of benzene rings is 1. The lowest BCUT2D eigenvalue weighted by atomic mass is 9.67. The van der Waals surface area contributed by atoms with Crippen LogP contribution in [0, 0.1) is 11.7 Å². The highest BCUT2D eigenvalue weighted by molar-refractivity contribution is 9.10. The summed E-state index contributed by atoms with van der Waals surface area (Å²) in [5.41, 5.74) is 0.535.